The van der Waals surface area contributed by atoms with Crippen molar-refractivity contribution in [3.8, 4) is 0 Å². The molecule has 3 nitrogen and oxygen atoms in total. The van der Waals surface area contributed by atoms with Gasteiger partial charge < -0.3 is 9.15 Å². The SMILES string of the molecule is CC1(C)COC(/C=C/c2ccco2)=N1. The zero-order chi connectivity index (χ0) is 10.0. The molecule has 0 radical (unpaired) electrons. The average Bonchev–Trinajstić information content (AvgIpc) is 2.70. The van der Waals surface area contributed by atoms with Gasteiger partial charge in [0.25, 0.3) is 0 Å². The van der Waals surface area contributed by atoms with Gasteiger partial charge in [0.05, 0.1) is 11.8 Å². The van der Waals surface area contributed by atoms with Crippen molar-refractivity contribution in [2.75, 3.05) is 6.61 Å². The fourth-order valence-corrected chi connectivity index (χ4v) is 1.24. The summed E-state index contributed by atoms with van der Waals surface area (Å²) in [6.45, 7) is 4.73. The van der Waals surface area contributed by atoms with Crippen LogP contribution in [0.3, 0.4) is 0 Å². The molecule has 0 N–H and O–H groups in total. The summed E-state index contributed by atoms with van der Waals surface area (Å²) in [6, 6.07) is 3.73. The lowest BCUT2D eigenvalue weighted by molar-refractivity contribution is 0.280. The third-order valence-electron chi connectivity index (χ3n) is 1.92. The second-order valence-corrected chi connectivity index (χ2v) is 3.90. The summed E-state index contributed by atoms with van der Waals surface area (Å²) >= 11 is 0. The van der Waals surface area contributed by atoms with Crippen LogP contribution >= 0.6 is 0 Å². The van der Waals surface area contributed by atoms with Gasteiger partial charge >= 0.3 is 0 Å². The van der Waals surface area contributed by atoms with E-state index in [-0.39, 0.29) is 5.54 Å². The maximum atomic E-state index is 5.39. The van der Waals surface area contributed by atoms with E-state index < -0.39 is 0 Å². The molecule has 1 aromatic rings. The third-order valence-corrected chi connectivity index (χ3v) is 1.92. The first-order valence-corrected chi connectivity index (χ1v) is 4.60. The Morgan fingerprint density at radius 2 is 2.29 bits per heavy atom. The van der Waals surface area contributed by atoms with Crippen molar-refractivity contribution in [3.63, 3.8) is 0 Å². The van der Waals surface area contributed by atoms with Crippen molar-refractivity contribution in [1.82, 2.24) is 0 Å². The quantitative estimate of drug-likeness (QED) is 0.719. The Bertz CT molecular complexity index is 361. The van der Waals surface area contributed by atoms with E-state index in [1.165, 1.54) is 0 Å². The summed E-state index contributed by atoms with van der Waals surface area (Å²) < 4.78 is 10.5. The highest BCUT2D eigenvalue weighted by molar-refractivity contribution is 5.92. The van der Waals surface area contributed by atoms with Crippen LogP contribution in [0.25, 0.3) is 6.08 Å². The van der Waals surface area contributed by atoms with Gasteiger partial charge in [0.2, 0.25) is 5.90 Å². The molecule has 0 saturated heterocycles. The van der Waals surface area contributed by atoms with Crippen LogP contribution in [-0.4, -0.2) is 18.0 Å². The Morgan fingerprint density at radius 3 is 2.86 bits per heavy atom. The van der Waals surface area contributed by atoms with Crippen LogP contribution in [0.2, 0.25) is 0 Å². The Morgan fingerprint density at radius 1 is 1.43 bits per heavy atom. The molecule has 0 amide bonds. The molecule has 1 aliphatic heterocycles. The Kier molecular flexibility index (Phi) is 2.15. The van der Waals surface area contributed by atoms with Crippen LogP contribution in [0.5, 0.6) is 0 Å². The van der Waals surface area contributed by atoms with Crippen molar-refractivity contribution in [3.05, 3.63) is 30.2 Å². The fraction of sp³-hybridized carbons (Fsp3) is 0.364. The van der Waals surface area contributed by atoms with E-state index in [0.29, 0.717) is 12.5 Å². The maximum Gasteiger partial charge on any atom is 0.209 e. The van der Waals surface area contributed by atoms with Gasteiger partial charge in [0.1, 0.15) is 12.4 Å². The van der Waals surface area contributed by atoms with E-state index in [1.54, 1.807) is 6.26 Å². The monoisotopic (exact) mass is 191 g/mol. The summed E-state index contributed by atoms with van der Waals surface area (Å²) in [5, 5.41) is 0. The molecule has 0 spiro atoms. The van der Waals surface area contributed by atoms with Crippen molar-refractivity contribution in [1.29, 1.82) is 0 Å². The standard InChI is InChI=1S/C11H13NO2/c1-11(2)8-14-10(12-11)6-5-9-4-3-7-13-9/h3-7H,8H2,1-2H3/b6-5+. The number of rotatable bonds is 2. The molecule has 14 heavy (non-hydrogen) atoms. The minimum absolute atomic E-state index is 0.0944. The maximum absolute atomic E-state index is 5.39. The molecular formula is C11H13NO2. The summed E-state index contributed by atoms with van der Waals surface area (Å²) in [7, 11) is 0. The molecule has 0 fully saturated rings. The van der Waals surface area contributed by atoms with E-state index >= 15 is 0 Å². The molecule has 1 aromatic heterocycles. The van der Waals surface area contributed by atoms with E-state index in [2.05, 4.69) is 4.99 Å². The van der Waals surface area contributed by atoms with E-state index in [0.717, 1.165) is 5.76 Å². The molecule has 74 valence electrons. The summed E-state index contributed by atoms with van der Waals surface area (Å²) in [4.78, 5) is 4.39. The second kappa shape index (κ2) is 3.33. The van der Waals surface area contributed by atoms with Gasteiger partial charge in [-0.25, -0.2) is 4.99 Å². The lowest BCUT2D eigenvalue weighted by Crippen LogP contribution is -2.17. The predicted octanol–water partition coefficient (Wildman–Crippen LogP) is 2.50. The van der Waals surface area contributed by atoms with Gasteiger partial charge in [-0.2, -0.15) is 0 Å². The van der Waals surface area contributed by atoms with Crippen LogP contribution in [0, 0.1) is 0 Å². The Hall–Kier alpha value is -1.51. The topological polar surface area (TPSA) is 34.7 Å². The minimum Gasteiger partial charge on any atom is -0.475 e. The van der Waals surface area contributed by atoms with Crippen molar-refractivity contribution < 1.29 is 9.15 Å². The van der Waals surface area contributed by atoms with Gasteiger partial charge in [-0.1, -0.05) is 0 Å². The van der Waals surface area contributed by atoms with Gasteiger partial charge in [-0.3, -0.25) is 0 Å². The predicted molar refractivity (Wildman–Crippen MR) is 55.2 cm³/mol. The highest BCUT2D eigenvalue weighted by atomic mass is 16.5. The van der Waals surface area contributed by atoms with E-state index in [4.69, 9.17) is 9.15 Å². The van der Waals surface area contributed by atoms with Gasteiger partial charge in [0.15, 0.2) is 0 Å². The van der Waals surface area contributed by atoms with Crippen LogP contribution in [0.4, 0.5) is 0 Å². The van der Waals surface area contributed by atoms with Gasteiger partial charge in [-0.15, -0.1) is 0 Å². The lowest BCUT2D eigenvalue weighted by Gasteiger charge is -2.07. The molecule has 0 atom stereocenters. The number of hydrogen-bond donors (Lipinski definition) is 0. The number of aliphatic imine (C=N–C) groups is 1. The average molecular weight is 191 g/mol. The first kappa shape index (κ1) is 9.06. The molecule has 0 unspecified atom stereocenters. The van der Waals surface area contributed by atoms with E-state index in [9.17, 15) is 0 Å². The first-order valence-electron chi connectivity index (χ1n) is 4.60. The zero-order valence-electron chi connectivity index (χ0n) is 8.36. The summed E-state index contributed by atoms with van der Waals surface area (Å²) in [6.07, 6.45) is 5.31. The molecule has 0 bridgehead atoms. The van der Waals surface area contributed by atoms with E-state index in [1.807, 2.05) is 38.1 Å². The van der Waals surface area contributed by atoms with Crippen molar-refractivity contribution in [2.24, 2.45) is 4.99 Å². The van der Waals surface area contributed by atoms with Crippen LogP contribution in [0.15, 0.2) is 33.9 Å². The zero-order valence-corrected chi connectivity index (χ0v) is 8.36. The molecule has 0 aromatic carbocycles. The number of nitrogens with zero attached hydrogens (tertiary/aromatic N) is 1. The highest BCUT2D eigenvalue weighted by Crippen LogP contribution is 2.17. The Labute approximate surface area is 83.1 Å². The van der Waals surface area contributed by atoms with Crippen LogP contribution in [-0.2, 0) is 4.74 Å². The normalized spacial score (nSPS) is 19.7. The van der Waals surface area contributed by atoms with Gasteiger partial charge in [0, 0.05) is 6.08 Å². The number of hydrogen-bond acceptors (Lipinski definition) is 3. The third kappa shape index (κ3) is 2.05. The van der Waals surface area contributed by atoms with Crippen LogP contribution in [0.1, 0.15) is 19.6 Å². The summed E-state index contributed by atoms with van der Waals surface area (Å²) in [5.74, 6) is 1.48. The molecule has 0 saturated carbocycles. The largest absolute Gasteiger partial charge is 0.475 e. The molecule has 0 aliphatic carbocycles. The molecular weight excluding hydrogens is 178 g/mol. The molecule has 3 heteroatoms. The number of ether oxygens (including phenoxy) is 1. The van der Waals surface area contributed by atoms with Crippen molar-refractivity contribution >= 4 is 12.0 Å². The highest BCUT2D eigenvalue weighted by Gasteiger charge is 2.24. The fourth-order valence-electron chi connectivity index (χ4n) is 1.24. The molecule has 2 rings (SSSR count). The Balaban J connectivity index is 2.06. The number of furan rings is 1. The lowest BCUT2D eigenvalue weighted by atomic mass is 10.1. The smallest absolute Gasteiger partial charge is 0.209 e. The molecule has 1 aliphatic rings. The summed E-state index contributed by atoms with van der Waals surface area (Å²) in [5.41, 5.74) is -0.0944. The second-order valence-electron chi connectivity index (χ2n) is 3.90. The first-order chi connectivity index (χ1) is 6.66. The molecule has 2 heterocycles. The van der Waals surface area contributed by atoms with Crippen LogP contribution < -0.4 is 0 Å². The van der Waals surface area contributed by atoms with Gasteiger partial charge in [-0.05, 0) is 32.1 Å². The minimum atomic E-state index is -0.0944. The van der Waals surface area contributed by atoms with Crippen molar-refractivity contribution in [2.45, 2.75) is 19.4 Å².